The minimum absolute atomic E-state index is 0.153. The highest BCUT2D eigenvalue weighted by atomic mass is 19.4. The molecule has 6 heterocycles. The van der Waals surface area contributed by atoms with E-state index >= 15 is 0 Å². The molecule has 0 atom stereocenters. The predicted molar refractivity (Wildman–Crippen MR) is 144 cm³/mol. The number of aromatic nitrogens is 6. The van der Waals surface area contributed by atoms with Crippen LogP contribution in [-0.4, -0.2) is 79.4 Å². The highest BCUT2D eigenvalue weighted by molar-refractivity contribution is 6.04. The number of rotatable bonds is 1. The number of halogens is 3. The summed E-state index contributed by atoms with van der Waals surface area (Å²) >= 11 is 0. The van der Waals surface area contributed by atoms with E-state index in [2.05, 4.69) is 26.0 Å². The molecule has 1 amide bonds. The van der Waals surface area contributed by atoms with Gasteiger partial charge < -0.3 is 23.7 Å². The smallest absolute Gasteiger partial charge is 0.372 e. The van der Waals surface area contributed by atoms with Crippen LogP contribution in [0.15, 0.2) is 49.4 Å². The van der Waals surface area contributed by atoms with Crippen molar-refractivity contribution in [1.29, 1.82) is 0 Å². The predicted octanol–water partition coefficient (Wildman–Crippen LogP) is 3.89. The average molecular weight is 550 g/mol. The standard InChI is InChI=1S/C27H26F3N9O/c1-34-7-5-17-12-21(36-8-10-37(11-9-36)26(40)39-15-31-14-33-39)38-6-3-4-18(24(17)38)22-19(27(28,29)30)13-20-23(25(22)34)32-16-35(20)2/h3-4,6,12-16H,5,7-11H2,1-2H3. The van der Waals surface area contributed by atoms with Crippen molar-refractivity contribution in [2.75, 3.05) is 49.6 Å². The summed E-state index contributed by atoms with van der Waals surface area (Å²) in [6.45, 7) is 2.67. The molecule has 1 aromatic carbocycles. The Balaban J connectivity index is 1.36. The molecule has 1 saturated heterocycles. The topological polar surface area (TPSA) is 79.7 Å². The van der Waals surface area contributed by atoms with Crippen LogP contribution in [0.1, 0.15) is 11.1 Å². The largest absolute Gasteiger partial charge is 0.417 e. The summed E-state index contributed by atoms with van der Waals surface area (Å²) in [6.07, 6.45) is 2.27. The van der Waals surface area contributed by atoms with Gasteiger partial charge in [0.2, 0.25) is 0 Å². The Morgan fingerprint density at radius 3 is 2.55 bits per heavy atom. The Morgan fingerprint density at radius 1 is 1.02 bits per heavy atom. The Kier molecular flexibility index (Phi) is 5.34. The van der Waals surface area contributed by atoms with Gasteiger partial charge in [-0.3, -0.25) is 0 Å². The number of fused-ring (bicyclic) bond motifs is 4. The molecule has 206 valence electrons. The quantitative estimate of drug-likeness (QED) is 0.316. The third-order valence-electron chi connectivity index (χ3n) is 8.00. The van der Waals surface area contributed by atoms with Gasteiger partial charge in [-0.1, -0.05) is 6.07 Å². The molecule has 0 spiro atoms. The number of pyridine rings is 1. The zero-order valence-corrected chi connectivity index (χ0v) is 21.9. The maximum Gasteiger partial charge on any atom is 0.417 e. The first kappa shape index (κ1) is 24.5. The van der Waals surface area contributed by atoms with Gasteiger partial charge in [0.25, 0.3) is 0 Å². The number of hydrogen-bond acceptors (Lipinski definition) is 6. The number of alkyl halides is 3. The van der Waals surface area contributed by atoms with E-state index in [0.29, 0.717) is 61.4 Å². The van der Waals surface area contributed by atoms with Gasteiger partial charge in [-0.05, 0) is 30.2 Å². The number of benzene rings is 1. The van der Waals surface area contributed by atoms with Crippen molar-refractivity contribution in [3.8, 4) is 11.1 Å². The molecule has 0 aliphatic carbocycles. The Bertz CT molecular complexity index is 1760. The number of imidazole rings is 1. The first-order valence-corrected chi connectivity index (χ1v) is 13.0. The van der Waals surface area contributed by atoms with Crippen molar-refractivity contribution in [3.63, 3.8) is 0 Å². The van der Waals surface area contributed by atoms with E-state index < -0.39 is 11.7 Å². The minimum atomic E-state index is -4.56. The van der Waals surface area contributed by atoms with Crippen LogP contribution in [0.3, 0.4) is 0 Å². The molecule has 10 nitrogen and oxygen atoms in total. The van der Waals surface area contributed by atoms with E-state index in [1.807, 2.05) is 22.5 Å². The summed E-state index contributed by atoms with van der Waals surface area (Å²) in [4.78, 5) is 26.9. The molecule has 2 aliphatic heterocycles. The van der Waals surface area contributed by atoms with Crippen molar-refractivity contribution < 1.29 is 18.0 Å². The van der Waals surface area contributed by atoms with Crippen molar-refractivity contribution in [3.05, 3.63) is 60.6 Å². The van der Waals surface area contributed by atoms with Crippen molar-refractivity contribution >= 4 is 34.1 Å². The van der Waals surface area contributed by atoms with Crippen LogP contribution in [0.2, 0.25) is 0 Å². The fourth-order valence-electron chi connectivity index (χ4n) is 6.05. The van der Waals surface area contributed by atoms with Crippen LogP contribution >= 0.6 is 0 Å². The Morgan fingerprint density at radius 2 is 1.82 bits per heavy atom. The van der Waals surface area contributed by atoms with E-state index in [-0.39, 0.29) is 11.6 Å². The molecule has 4 aromatic heterocycles. The molecular formula is C27H26F3N9O. The van der Waals surface area contributed by atoms with Crippen molar-refractivity contribution in [1.82, 2.24) is 33.6 Å². The summed E-state index contributed by atoms with van der Waals surface area (Å²) in [5.41, 5.74) is 3.26. The molecule has 5 aromatic rings. The summed E-state index contributed by atoms with van der Waals surface area (Å²) in [5.74, 6) is 0.901. The van der Waals surface area contributed by atoms with Crippen molar-refractivity contribution in [2.45, 2.75) is 12.6 Å². The second kappa shape index (κ2) is 8.73. The van der Waals surface area contributed by atoms with Crippen LogP contribution < -0.4 is 9.80 Å². The lowest BCUT2D eigenvalue weighted by molar-refractivity contribution is -0.137. The minimum Gasteiger partial charge on any atom is -0.372 e. The maximum absolute atomic E-state index is 14.7. The van der Waals surface area contributed by atoms with Gasteiger partial charge in [-0.25, -0.2) is 14.8 Å². The van der Waals surface area contributed by atoms with E-state index in [4.69, 9.17) is 0 Å². The van der Waals surface area contributed by atoms with Crippen LogP contribution in [0.4, 0.5) is 29.5 Å². The average Bonchev–Trinajstić information content (AvgIpc) is 3.69. The van der Waals surface area contributed by atoms with Gasteiger partial charge >= 0.3 is 12.2 Å². The third kappa shape index (κ3) is 3.63. The number of piperazine rings is 1. The highest BCUT2D eigenvalue weighted by Crippen LogP contribution is 2.48. The first-order valence-electron chi connectivity index (χ1n) is 13.0. The molecule has 2 aliphatic rings. The number of carbonyl (C=O) groups is 1. The van der Waals surface area contributed by atoms with Gasteiger partial charge in [0.15, 0.2) is 0 Å². The molecule has 0 bridgehead atoms. The number of carbonyl (C=O) groups excluding carboxylic acids is 1. The van der Waals surface area contributed by atoms with E-state index in [1.165, 1.54) is 23.4 Å². The first-order chi connectivity index (χ1) is 19.2. The monoisotopic (exact) mass is 549 g/mol. The van der Waals surface area contributed by atoms with Crippen LogP contribution in [-0.2, 0) is 19.6 Å². The SMILES string of the molecule is CN1CCc2cc(N3CCN(C(=O)n4cncn4)CC3)n3cccc(c23)-c2c(C(F)(F)F)cc3c(ncn3C)c21. The summed E-state index contributed by atoms with van der Waals surface area (Å²) in [5, 5.41) is 3.93. The van der Waals surface area contributed by atoms with Gasteiger partial charge in [-0.15, -0.1) is 0 Å². The number of amides is 1. The zero-order valence-electron chi connectivity index (χ0n) is 21.9. The maximum atomic E-state index is 14.7. The molecule has 0 saturated carbocycles. The fraction of sp³-hybridized carbons (Fsp3) is 0.333. The van der Waals surface area contributed by atoms with Crippen molar-refractivity contribution in [2.24, 2.45) is 7.05 Å². The summed E-state index contributed by atoms with van der Waals surface area (Å²) in [7, 11) is 3.54. The summed E-state index contributed by atoms with van der Waals surface area (Å²) in [6, 6.07) is 6.65. The third-order valence-corrected chi connectivity index (χ3v) is 8.00. The van der Waals surface area contributed by atoms with Gasteiger partial charge in [0, 0.05) is 64.1 Å². The lowest BCUT2D eigenvalue weighted by Crippen LogP contribution is -2.50. The molecule has 0 N–H and O–H groups in total. The zero-order chi connectivity index (χ0) is 27.8. The molecule has 0 radical (unpaired) electrons. The van der Waals surface area contributed by atoms with Crippen LogP contribution in [0, 0.1) is 0 Å². The van der Waals surface area contributed by atoms with E-state index in [1.54, 1.807) is 35.0 Å². The molecule has 1 fully saturated rings. The van der Waals surface area contributed by atoms with Crippen LogP contribution in [0.25, 0.3) is 27.7 Å². The second-order valence-corrected chi connectivity index (χ2v) is 10.3. The molecule has 7 rings (SSSR count). The number of aryl methyl sites for hydroxylation is 1. The number of anilines is 2. The molecule has 13 heteroatoms. The number of hydrogen-bond donors (Lipinski definition) is 0. The highest BCUT2D eigenvalue weighted by Gasteiger charge is 2.39. The Hall–Kier alpha value is -4.55. The molecule has 40 heavy (non-hydrogen) atoms. The van der Waals surface area contributed by atoms with Gasteiger partial charge in [0.1, 0.15) is 24.0 Å². The van der Waals surface area contributed by atoms with E-state index in [0.717, 1.165) is 16.9 Å². The number of likely N-dealkylation sites (N-methyl/N-ethyl adjacent to an activating group) is 1. The molecule has 0 unspecified atom stereocenters. The van der Waals surface area contributed by atoms with E-state index in [9.17, 15) is 18.0 Å². The van der Waals surface area contributed by atoms with Gasteiger partial charge in [-0.2, -0.15) is 23.0 Å². The Labute approximate surface area is 226 Å². The number of nitrogens with zero attached hydrogens (tertiary/aromatic N) is 9. The fourth-order valence-corrected chi connectivity index (χ4v) is 6.05. The normalized spacial score (nSPS) is 16.0. The second-order valence-electron chi connectivity index (χ2n) is 10.3. The molecular weight excluding hydrogens is 523 g/mol. The van der Waals surface area contributed by atoms with Gasteiger partial charge in [0.05, 0.1) is 28.6 Å². The lowest BCUT2D eigenvalue weighted by Gasteiger charge is -2.35. The lowest BCUT2D eigenvalue weighted by atomic mass is 9.92. The van der Waals surface area contributed by atoms with Crippen LogP contribution in [0.5, 0.6) is 0 Å². The summed E-state index contributed by atoms with van der Waals surface area (Å²) < 4.78 is 48.8.